The molecule has 33 heavy (non-hydrogen) atoms. The van der Waals surface area contributed by atoms with Gasteiger partial charge < -0.3 is 19.8 Å². The number of hydrogen-bond donors (Lipinski definition) is 1. The lowest BCUT2D eigenvalue weighted by Gasteiger charge is -2.38. The van der Waals surface area contributed by atoms with Crippen LogP contribution in [0.1, 0.15) is 20.8 Å². The molecule has 1 unspecified atom stereocenters. The van der Waals surface area contributed by atoms with Gasteiger partial charge in [-0.05, 0) is 54.5 Å². The van der Waals surface area contributed by atoms with Crippen LogP contribution in [-0.4, -0.2) is 46.8 Å². The number of benzene rings is 2. The van der Waals surface area contributed by atoms with Crippen LogP contribution >= 0.6 is 0 Å². The number of hydrogen-bond acceptors (Lipinski definition) is 5. The maximum absolute atomic E-state index is 13.7. The Balaban J connectivity index is 1.80. The minimum atomic E-state index is -2.11. The molecular weight excluding hydrogens is 433 g/mol. The second-order valence-corrected chi connectivity index (χ2v) is 14.9. The SMILES string of the molecule is CN(C)c1ccc2nc(-c3ccc(N)c(OCC(CF)O[Si](C)(C)C(C)(C)C)c3)ccc2c1. The van der Waals surface area contributed by atoms with Crippen LogP contribution in [0.3, 0.4) is 0 Å². The summed E-state index contributed by atoms with van der Waals surface area (Å²) in [5.74, 6) is 0.509. The molecule has 0 bridgehead atoms. The molecule has 1 atom stereocenters. The zero-order chi connectivity index (χ0) is 24.4. The molecule has 0 saturated heterocycles. The van der Waals surface area contributed by atoms with Crippen LogP contribution in [0.2, 0.25) is 18.1 Å². The van der Waals surface area contributed by atoms with Gasteiger partial charge in [-0.15, -0.1) is 0 Å². The molecule has 0 amide bonds. The Morgan fingerprint density at radius 3 is 2.42 bits per heavy atom. The number of nitrogens with two attached hydrogens (primary N) is 1. The van der Waals surface area contributed by atoms with E-state index in [0.29, 0.717) is 11.4 Å². The van der Waals surface area contributed by atoms with Gasteiger partial charge in [0.15, 0.2) is 8.32 Å². The maximum atomic E-state index is 13.7. The lowest BCUT2D eigenvalue weighted by molar-refractivity contribution is 0.0923. The molecule has 1 aromatic heterocycles. The summed E-state index contributed by atoms with van der Waals surface area (Å²) < 4.78 is 25.8. The van der Waals surface area contributed by atoms with Crippen molar-refractivity contribution >= 4 is 30.6 Å². The number of nitrogens with zero attached hydrogens (tertiary/aromatic N) is 2. The van der Waals surface area contributed by atoms with Crippen molar-refractivity contribution in [2.75, 3.05) is 38.0 Å². The molecule has 0 aliphatic rings. The van der Waals surface area contributed by atoms with E-state index in [-0.39, 0.29) is 11.6 Å². The van der Waals surface area contributed by atoms with E-state index in [1.54, 1.807) is 6.07 Å². The lowest BCUT2D eigenvalue weighted by atomic mass is 10.1. The topological polar surface area (TPSA) is 60.6 Å². The molecule has 0 aliphatic carbocycles. The van der Waals surface area contributed by atoms with Gasteiger partial charge in [0.25, 0.3) is 0 Å². The van der Waals surface area contributed by atoms with E-state index in [2.05, 4.69) is 57.0 Å². The molecule has 0 spiro atoms. The Hall–Kier alpha value is -2.64. The van der Waals surface area contributed by atoms with Gasteiger partial charge in [-0.2, -0.15) is 0 Å². The minimum Gasteiger partial charge on any atom is -0.489 e. The zero-order valence-corrected chi connectivity index (χ0v) is 21.8. The van der Waals surface area contributed by atoms with E-state index in [4.69, 9.17) is 19.9 Å². The Labute approximate surface area is 197 Å². The van der Waals surface area contributed by atoms with E-state index in [0.717, 1.165) is 27.8 Å². The predicted octanol–water partition coefficient (Wildman–Crippen LogP) is 6.29. The summed E-state index contributed by atoms with van der Waals surface area (Å²) in [7, 11) is 1.93. The summed E-state index contributed by atoms with van der Waals surface area (Å²) in [4.78, 5) is 6.88. The van der Waals surface area contributed by atoms with Crippen molar-refractivity contribution in [1.29, 1.82) is 0 Å². The average Bonchev–Trinajstić information content (AvgIpc) is 2.75. The fourth-order valence-electron chi connectivity index (χ4n) is 3.26. The molecule has 3 rings (SSSR count). The molecule has 0 aliphatic heterocycles. The van der Waals surface area contributed by atoms with Crippen molar-refractivity contribution in [2.45, 2.75) is 45.0 Å². The minimum absolute atomic E-state index is 0.00553. The standard InChI is InChI=1S/C26H36FN3O2Si/c1-26(2,3)33(6,7)32-21(16-27)17-31-25-15-19(8-11-22(25)28)23-12-9-18-14-20(30(4)5)10-13-24(18)29-23/h8-15,21H,16-17,28H2,1-7H3. The van der Waals surface area contributed by atoms with Crippen LogP contribution < -0.4 is 15.4 Å². The van der Waals surface area contributed by atoms with Gasteiger partial charge in [0.2, 0.25) is 0 Å². The summed E-state index contributed by atoms with van der Waals surface area (Å²) in [6, 6.07) is 15.8. The van der Waals surface area contributed by atoms with Crippen molar-refractivity contribution in [2.24, 2.45) is 0 Å². The third-order valence-corrected chi connectivity index (χ3v) is 10.9. The highest BCUT2D eigenvalue weighted by Gasteiger charge is 2.39. The monoisotopic (exact) mass is 469 g/mol. The van der Waals surface area contributed by atoms with Crippen molar-refractivity contribution in [3.8, 4) is 17.0 Å². The molecule has 2 aromatic carbocycles. The number of ether oxygens (including phenoxy) is 1. The van der Waals surface area contributed by atoms with Crippen LogP contribution in [0.4, 0.5) is 15.8 Å². The summed E-state index contributed by atoms with van der Waals surface area (Å²) in [5, 5.41) is 1.07. The normalized spacial score (nSPS) is 13.2. The van der Waals surface area contributed by atoms with Gasteiger partial charge in [-0.1, -0.05) is 32.9 Å². The maximum Gasteiger partial charge on any atom is 0.192 e. The number of halogens is 1. The molecule has 0 fully saturated rings. The Bertz CT molecular complexity index is 1110. The number of fused-ring (bicyclic) bond motifs is 1. The first-order valence-corrected chi connectivity index (χ1v) is 14.2. The highest BCUT2D eigenvalue weighted by atomic mass is 28.4. The first-order valence-electron chi connectivity index (χ1n) is 11.3. The van der Waals surface area contributed by atoms with E-state index >= 15 is 0 Å². The van der Waals surface area contributed by atoms with Crippen LogP contribution in [-0.2, 0) is 4.43 Å². The number of alkyl halides is 1. The first-order chi connectivity index (χ1) is 15.4. The smallest absolute Gasteiger partial charge is 0.192 e. The van der Waals surface area contributed by atoms with E-state index in [1.165, 1.54) is 0 Å². The highest BCUT2D eigenvalue weighted by molar-refractivity contribution is 6.74. The van der Waals surface area contributed by atoms with E-state index < -0.39 is 21.1 Å². The molecule has 7 heteroatoms. The van der Waals surface area contributed by atoms with Gasteiger partial charge >= 0.3 is 0 Å². The Morgan fingerprint density at radius 1 is 1.06 bits per heavy atom. The van der Waals surface area contributed by atoms with Crippen LogP contribution in [0.15, 0.2) is 48.5 Å². The number of nitrogen functional groups attached to an aromatic ring is 1. The fourth-order valence-corrected chi connectivity index (χ4v) is 4.57. The second-order valence-electron chi connectivity index (χ2n) is 10.2. The van der Waals surface area contributed by atoms with Crippen LogP contribution in [0, 0.1) is 0 Å². The largest absolute Gasteiger partial charge is 0.489 e. The molecule has 3 aromatic rings. The molecular formula is C26H36FN3O2Si. The Morgan fingerprint density at radius 2 is 1.79 bits per heavy atom. The molecule has 1 heterocycles. The number of aromatic nitrogens is 1. The number of rotatable bonds is 8. The number of pyridine rings is 1. The first kappa shape index (κ1) is 25.0. The van der Waals surface area contributed by atoms with E-state index in [1.807, 2.05) is 38.4 Å². The van der Waals surface area contributed by atoms with Gasteiger partial charge in [-0.25, -0.2) is 9.37 Å². The molecule has 2 N–H and O–H groups in total. The molecule has 0 radical (unpaired) electrons. The molecule has 178 valence electrons. The number of anilines is 2. The third kappa shape index (κ3) is 5.84. The second kappa shape index (κ2) is 9.69. The lowest BCUT2D eigenvalue weighted by Crippen LogP contribution is -2.46. The van der Waals surface area contributed by atoms with Crippen LogP contribution in [0.5, 0.6) is 5.75 Å². The van der Waals surface area contributed by atoms with Crippen molar-refractivity contribution in [3.05, 3.63) is 48.5 Å². The summed E-state index contributed by atoms with van der Waals surface area (Å²) in [5.41, 5.74) is 10.4. The molecule has 0 saturated carbocycles. The van der Waals surface area contributed by atoms with Crippen molar-refractivity contribution in [1.82, 2.24) is 4.98 Å². The Kier molecular flexibility index (Phi) is 7.34. The van der Waals surface area contributed by atoms with Gasteiger partial charge in [0.05, 0.1) is 16.9 Å². The predicted molar refractivity (Wildman–Crippen MR) is 139 cm³/mol. The van der Waals surface area contributed by atoms with Gasteiger partial charge in [-0.3, -0.25) is 0 Å². The summed E-state index contributed by atoms with van der Waals surface area (Å²) in [6.45, 7) is 10.1. The van der Waals surface area contributed by atoms with Gasteiger partial charge in [0.1, 0.15) is 25.1 Å². The zero-order valence-electron chi connectivity index (χ0n) is 20.8. The van der Waals surface area contributed by atoms with Crippen molar-refractivity contribution < 1.29 is 13.6 Å². The average molecular weight is 470 g/mol. The summed E-state index contributed by atoms with van der Waals surface area (Å²) >= 11 is 0. The summed E-state index contributed by atoms with van der Waals surface area (Å²) in [6.07, 6.45) is -0.626. The van der Waals surface area contributed by atoms with E-state index in [9.17, 15) is 4.39 Å². The highest BCUT2D eigenvalue weighted by Crippen LogP contribution is 2.37. The quantitative estimate of drug-likeness (QED) is 0.310. The third-order valence-electron chi connectivity index (χ3n) is 6.36. The fraction of sp³-hybridized carbons (Fsp3) is 0.423. The van der Waals surface area contributed by atoms with Crippen molar-refractivity contribution in [3.63, 3.8) is 0 Å². The van der Waals surface area contributed by atoms with Gasteiger partial charge in [0, 0.05) is 30.7 Å². The molecule has 5 nitrogen and oxygen atoms in total. The van der Waals surface area contributed by atoms with Crippen LogP contribution in [0.25, 0.3) is 22.2 Å².